The molecule has 5 heterocycles. The van der Waals surface area contributed by atoms with Crippen molar-refractivity contribution in [3.05, 3.63) is 34.4 Å². The fraction of sp³-hybridized carbons (Fsp3) is 0.593. The third kappa shape index (κ3) is 2.28. The lowest BCUT2D eigenvalue weighted by Crippen LogP contribution is -2.70. The van der Waals surface area contributed by atoms with E-state index in [9.17, 15) is 4.79 Å². The van der Waals surface area contributed by atoms with Crippen molar-refractivity contribution in [1.29, 1.82) is 0 Å². The van der Waals surface area contributed by atoms with Crippen LogP contribution in [0.25, 0.3) is 10.8 Å². The predicted octanol–water partition coefficient (Wildman–Crippen LogP) is 3.11. The van der Waals surface area contributed by atoms with Crippen molar-refractivity contribution in [2.45, 2.75) is 68.3 Å². The maximum atomic E-state index is 12.9. The van der Waals surface area contributed by atoms with Crippen molar-refractivity contribution in [2.75, 3.05) is 34.0 Å². The highest BCUT2D eigenvalue weighted by molar-refractivity contribution is 6.07. The van der Waals surface area contributed by atoms with Gasteiger partial charge < -0.3 is 37.9 Å². The molecule has 1 spiro atoms. The Morgan fingerprint density at radius 3 is 2.56 bits per heavy atom. The summed E-state index contributed by atoms with van der Waals surface area (Å²) in [5.41, 5.74) is 2.47. The number of carbonyl (C=O) groups excluding carboxylic acids is 1. The number of epoxide rings is 1. The number of Topliss-reactive ketones (excluding diaryl/α,β-unsaturated/α-hetero) is 1. The summed E-state index contributed by atoms with van der Waals surface area (Å²) < 4.78 is 50.4. The van der Waals surface area contributed by atoms with Gasteiger partial charge in [0.25, 0.3) is 11.6 Å². The van der Waals surface area contributed by atoms with Crippen molar-refractivity contribution < 1.29 is 42.7 Å². The molecule has 1 aliphatic carbocycles. The summed E-state index contributed by atoms with van der Waals surface area (Å²) in [6, 6.07) is 4.04. The molecule has 9 nitrogen and oxygen atoms in total. The number of carbonyl (C=O) groups is 1. The Hall–Kier alpha value is -2.27. The SMILES string of the molecule is COc1c2c(cc3c4c(c(C)cc13)C1O[C@]3(C5OCCCO5)OC1C(OC)(O4)C31CO1)C(=O)CCC2. The number of ether oxygens (including phenoxy) is 8. The quantitative estimate of drug-likeness (QED) is 0.594. The summed E-state index contributed by atoms with van der Waals surface area (Å²) in [7, 11) is 3.26. The van der Waals surface area contributed by atoms with Gasteiger partial charge in [-0.2, -0.15) is 0 Å². The van der Waals surface area contributed by atoms with Crippen LogP contribution in [0.3, 0.4) is 0 Å². The molecule has 0 aromatic heterocycles. The number of hydrogen-bond acceptors (Lipinski definition) is 9. The molecule has 4 saturated heterocycles. The monoisotopic (exact) mass is 496 g/mol. The zero-order chi connectivity index (χ0) is 24.4. The molecule has 2 aromatic rings. The highest BCUT2D eigenvalue weighted by Crippen LogP contribution is 2.71. The molecule has 2 aromatic carbocycles. The van der Waals surface area contributed by atoms with E-state index >= 15 is 0 Å². The second kappa shape index (κ2) is 6.98. The lowest BCUT2D eigenvalue weighted by atomic mass is 9.78. The normalized spacial score (nSPS) is 38.2. The zero-order valence-electron chi connectivity index (χ0n) is 20.5. The molecular formula is C27H28O9. The van der Waals surface area contributed by atoms with Crippen LogP contribution in [0.5, 0.6) is 11.5 Å². The third-order valence-electron chi connectivity index (χ3n) is 8.82. The summed E-state index contributed by atoms with van der Waals surface area (Å²) in [4.78, 5) is 12.9. The van der Waals surface area contributed by atoms with Crippen LogP contribution in [0.4, 0.5) is 0 Å². The molecule has 2 bridgehead atoms. The smallest absolute Gasteiger partial charge is 0.277 e. The number of rotatable bonds is 3. The number of fused-ring (bicyclic) bond motifs is 8. The van der Waals surface area contributed by atoms with E-state index in [2.05, 4.69) is 6.07 Å². The summed E-state index contributed by atoms with van der Waals surface area (Å²) in [6.45, 7) is 3.45. The lowest BCUT2D eigenvalue weighted by Gasteiger charge is -2.49. The fourth-order valence-electron chi connectivity index (χ4n) is 7.20. The molecule has 9 heteroatoms. The Labute approximate surface area is 207 Å². The minimum Gasteiger partial charge on any atom is -0.496 e. The van der Waals surface area contributed by atoms with Gasteiger partial charge in [0.2, 0.25) is 11.9 Å². The Morgan fingerprint density at radius 2 is 1.83 bits per heavy atom. The standard InChI is InChI=1S/C27H28O9/c1-13-10-16-17(11-15-14(20(16)29-2)6-4-7-18(15)28)21-19(13)22-23-26(30-3,34-21)25(12-33-25)27(35-22,36-23)24-31-8-5-9-32-24/h10-11,22-24H,4-9,12H2,1-3H3/t22?,23?,25?,26?,27-/m1/s1. The van der Waals surface area contributed by atoms with Crippen molar-refractivity contribution in [1.82, 2.24) is 0 Å². The first-order valence-corrected chi connectivity index (χ1v) is 12.7. The molecular weight excluding hydrogens is 468 g/mol. The second-order valence-electron chi connectivity index (χ2n) is 10.5. The van der Waals surface area contributed by atoms with E-state index in [1.807, 2.05) is 13.0 Å². The Balaban J connectivity index is 1.37. The highest BCUT2D eigenvalue weighted by Gasteiger charge is 2.93. The van der Waals surface area contributed by atoms with Gasteiger partial charge in [-0.05, 0) is 43.9 Å². The molecule has 8 rings (SSSR count). The van der Waals surface area contributed by atoms with Gasteiger partial charge in [-0.15, -0.1) is 0 Å². The summed E-state index contributed by atoms with van der Waals surface area (Å²) in [5.74, 6) is -1.10. The van der Waals surface area contributed by atoms with Gasteiger partial charge >= 0.3 is 0 Å². The van der Waals surface area contributed by atoms with Gasteiger partial charge in [0.15, 0.2) is 11.9 Å². The van der Waals surface area contributed by atoms with Crippen molar-refractivity contribution in [3.8, 4) is 11.5 Å². The van der Waals surface area contributed by atoms with E-state index in [1.165, 1.54) is 0 Å². The molecule has 5 atom stereocenters. The fourth-order valence-corrected chi connectivity index (χ4v) is 7.20. The van der Waals surface area contributed by atoms with Crippen LogP contribution in [-0.4, -0.2) is 69.4 Å². The van der Waals surface area contributed by atoms with Crippen molar-refractivity contribution in [3.63, 3.8) is 0 Å². The lowest BCUT2D eigenvalue weighted by molar-refractivity contribution is -0.365. The molecule has 4 fully saturated rings. The van der Waals surface area contributed by atoms with Crippen LogP contribution in [-0.2, 0) is 34.8 Å². The van der Waals surface area contributed by atoms with E-state index in [-0.39, 0.29) is 5.78 Å². The van der Waals surface area contributed by atoms with Gasteiger partial charge in [0.1, 0.15) is 17.6 Å². The van der Waals surface area contributed by atoms with Gasteiger partial charge in [0.05, 0.1) is 26.9 Å². The molecule has 4 unspecified atom stereocenters. The first kappa shape index (κ1) is 21.8. The minimum absolute atomic E-state index is 0.123. The van der Waals surface area contributed by atoms with Crippen LogP contribution in [0.2, 0.25) is 0 Å². The van der Waals surface area contributed by atoms with E-state index in [0.29, 0.717) is 37.6 Å². The molecule has 5 aliphatic heterocycles. The van der Waals surface area contributed by atoms with Crippen LogP contribution in [0, 0.1) is 6.92 Å². The summed E-state index contributed by atoms with van der Waals surface area (Å²) >= 11 is 0. The zero-order valence-corrected chi connectivity index (χ0v) is 20.5. The number of benzene rings is 2. The molecule has 6 aliphatic rings. The first-order valence-electron chi connectivity index (χ1n) is 12.7. The number of aryl methyl sites for hydroxylation is 1. The van der Waals surface area contributed by atoms with Gasteiger partial charge in [-0.3, -0.25) is 4.79 Å². The Kier molecular flexibility index (Phi) is 4.22. The average Bonchev–Trinajstić information content (AvgIpc) is 3.55. The minimum atomic E-state index is -1.30. The van der Waals surface area contributed by atoms with Crippen molar-refractivity contribution in [2.24, 2.45) is 0 Å². The van der Waals surface area contributed by atoms with Crippen LogP contribution in [0.15, 0.2) is 12.1 Å². The summed E-state index contributed by atoms with van der Waals surface area (Å²) in [5, 5.41) is 1.70. The highest BCUT2D eigenvalue weighted by atomic mass is 16.9. The molecule has 36 heavy (non-hydrogen) atoms. The molecule has 0 amide bonds. The van der Waals surface area contributed by atoms with Crippen LogP contribution in [0.1, 0.15) is 52.4 Å². The number of methoxy groups -OCH3 is 2. The summed E-state index contributed by atoms with van der Waals surface area (Å²) in [6.07, 6.45) is 1.14. The van der Waals surface area contributed by atoms with Gasteiger partial charge in [-0.25, -0.2) is 0 Å². The average molecular weight is 497 g/mol. The molecule has 0 saturated carbocycles. The third-order valence-corrected chi connectivity index (χ3v) is 8.82. The van der Waals surface area contributed by atoms with E-state index in [1.54, 1.807) is 14.2 Å². The maximum absolute atomic E-state index is 12.9. The van der Waals surface area contributed by atoms with E-state index in [0.717, 1.165) is 52.5 Å². The predicted molar refractivity (Wildman–Crippen MR) is 123 cm³/mol. The van der Waals surface area contributed by atoms with E-state index < -0.39 is 35.7 Å². The molecule has 190 valence electrons. The number of ketones is 1. The first-order chi connectivity index (χ1) is 17.5. The maximum Gasteiger partial charge on any atom is 0.277 e. The molecule has 0 N–H and O–H groups in total. The molecule has 0 radical (unpaired) electrons. The largest absolute Gasteiger partial charge is 0.496 e. The van der Waals surface area contributed by atoms with E-state index in [4.69, 9.17) is 37.9 Å². The van der Waals surface area contributed by atoms with Gasteiger partial charge in [0, 0.05) is 41.0 Å². The Bertz CT molecular complexity index is 1330. The topological polar surface area (TPSA) is 94.2 Å². The van der Waals surface area contributed by atoms with Crippen molar-refractivity contribution >= 4 is 16.6 Å². The van der Waals surface area contributed by atoms with Gasteiger partial charge in [-0.1, -0.05) is 0 Å². The second-order valence-corrected chi connectivity index (χ2v) is 10.5. The Morgan fingerprint density at radius 1 is 1.03 bits per heavy atom. The van der Waals surface area contributed by atoms with Crippen LogP contribution >= 0.6 is 0 Å². The number of hydrogen-bond donors (Lipinski definition) is 0. The van der Waals surface area contributed by atoms with Crippen LogP contribution < -0.4 is 9.47 Å².